The lowest BCUT2D eigenvalue weighted by atomic mass is 10.1. The molecular weight excluding hydrogens is 422 g/mol. The van der Waals surface area contributed by atoms with Gasteiger partial charge in [-0.2, -0.15) is 0 Å². The first-order valence-electron chi connectivity index (χ1n) is 11.2. The Morgan fingerprint density at radius 1 is 1.03 bits per heavy atom. The van der Waals surface area contributed by atoms with Crippen LogP contribution >= 0.6 is 12.2 Å². The first-order valence-corrected chi connectivity index (χ1v) is 11.6. The first-order chi connectivity index (χ1) is 15.4. The van der Waals surface area contributed by atoms with Crippen molar-refractivity contribution in [3.63, 3.8) is 0 Å². The van der Waals surface area contributed by atoms with Crippen molar-refractivity contribution in [3.05, 3.63) is 59.7 Å². The van der Waals surface area contributed by atoms with Crippen molar-refractivity contribution >= 4 is 34.8 Å². The molecule has 1 heterocycles. The molecule has 0 spiro atoms. The predicted octanol–water partition coefficient (Wildman–Crippen LogP) is 4.86. The van der Waals surface area contributed by atoms with Gasteiger partial charge in [0.15, 0.2) is 5.11 Å². The lowest BCUT2D eigenvalue weighted by Crippen LogP contribution is -2.37. The number of nitrogens with one attached hydrogen (secondary N) is 2. The number of piperidine rings is 1. The summed E-state index contributed by atoms with van der Waals surface area (Å²) in [5.41, 5.74) is 1.61. The molecule has 7 heteroatoms. The molecule has 0 aliphatic carbocycles. The van der Waals surface area contributed by atoms with Crippen molar-refractivity contribution in [2.24, 2.45) is 5.92 Å². The third kappa shape index (κ3) is 6.79. The van der Waals surface area contributed by atoms with Crippen LogP contribution < -0.4 is 15.4 Å². The minimum atomic E-state index is -0.323. The highest BCUT2D eigenvalue weighted by Gasteiger charge is 2.21. The molecule has 2 N–H and O–H groups in total. The van der Waals surface area contributed by atoms with Crippen molar-refractivity contribution in [2.45, 2.75) is 39.5 Å². The van der Waals surface area contributed by atoms with E-state index in [4.69, 9.17) is 17.0 Å². The van der Waals surface area contributed by atoms with E-state index in [1.807, 2.05) is 17.0 Å². The number of ether oxygens (including phenoxy) is 1. The summed E-state index contributed by atoms with van der Waals surface area (Å²) in [4.78, 5) is 27.4. The Kier molecular flexibility index (Phi) is 8.62. The van der Waals surface area contributed by atoms with Crippen molar-refractivity contribution in [1.29, 1.82) is 0 Å². The molecule has 1 aliphatic rings. The smallest absolute Gasteiger partial charge is 0.257 e. The Morgan fingerprint density at radius 3 is 2.41 bits per heavy atom. The van der Waals surface area contributed by atoms with E-state index in [9.17, 15) is 9.59 Å². The molecule has 0 saturated carbocycles. The normalized spacial score (nSPS) is 13.5. The molecule has 170 valence electrons. The summed E-state index contributed by atoms with van der Waals surface area (Å²) < 4.78 is 5.69. The number of nitrogens with zero attached hydrogens (tertiary/aromatic N) is 1. The summed E-state index contributed by atoms with van der Waals surface area (Å²) in [6, 6.07) is 14.2. The lowest BCUT2D eigenvalue weighted by molar-refractivity contribution is 0.0725. The molecule has 0 bridgehead atoms. The summed E-state index contributed by atoms with van der Waals surface area (Å²) in [6.45, 7) is 6.48. The summed E-state index contributed by atoms with van der Waals surface area (Å²) in [5, 5.41) is 5.84. The van der Waals surface area contributed by atoms with Gasteiger partial charge in [0.25, 0.3) is 11.8 Å². The Balaban J connectivity index is 1.57. The van der Waals surface area contributed by atoms with Gasteiger partial charge in [-0.15, -0.1) is 0 Å². The quantitative estimate of drug-likeness (QED) is 0.586. The predicted molar refractivity (Wildman–Crippen MR) is 131 cm³/mol. The molecule has 6 nitrogen and oxygen atoms in total. The summed E-state index contributed by atoms with van der Waals surface area (Å²) in [7, 11) is 0. The average Bonchev–Trinajstić information content (AvgIpc) is 2.79. The minimum Gasteiger partial charge on any atom is -0.494 e. The van der Waals surface area contributed by atoms with Gasteiger partial charge in [-0.3, -0.25) is 14.9 Å². The highest BCUT2D eigenvalue weighted by Crippen LogP contribution is 2.20. The fraction of sp³-hybridized carbons (Fsp3) is 0.400. The molecule has 32 heavy (non-hydrogen) atoms. The molecule has 2 amide bonds. The van der Waals surface area contributed by atoms with Crippen LogP contribution in [-0.4, -0.2) is 41.5 Å². The van der Waals surface area contributed by atoms with Crippen LogP contribution in [0.5, 0.6) is 5.75 Å². The van der Waals surface area contributed by atoms with Gasteiger partial charge in [-0.25, -0.2) is 0 Å². The van der Waals surface area contributed by atoms with E-state index in [2.05, 4.69) is 24.5 Å². The first kappa shape index (κ1) is 23.7. The largest absolute Gasteiger partial charge is 0.494 e. The van der Waals surface area contributed by atoms with Gasteiger partial charge in [0.05, 0.1) is 17.9 Å². The second kappa shape index (κ2) is 11.6. The topological polar surface area (TPSA) is 70.7 Å². The molecule has 2 aromatic rings. The van der Waals surface area contributed by atoms with Crippen molar-refractivity contribution in [2.75, 3.05) is 25.0 Å². The van der Waals surface area contributed by atoms with Gasteiger partial charge in [0, 0.05) is 18.7 Å². The number of rotatable bonds is 7. The van der Waals surface area contributed by atoms with E-state index >= 15 is 0 Å². The van der Waals surface area contributed by atoms with E-state index in [0.717, 1.165) is 44.5 Å². The van der Waals surface area contributed by atoms with Crippen LogP contribution in [0.4, 0.5) is 5.69 Å². The maximum atomic E-state index is 12.9. The second-order valence-corrected chi connectivity index (χ2v) is 8.77. The van der Waals surface area contributed by atoms with Crippen LogP contribution in [0, 0.1) is 5.92 Å². The molecule has 1 aliphatic heterocycles. The second-order valence-electron chi connectivity index (χ2n) is 8.36. The van der Waals surface area contributed by atoms with Gasteiger partial charge in [-0.05, 0) is 80.2 Å². The lowest BCUT2D eigenvalue weighted by Gasteiger charge is -2.27. The number of para-hydroxylation sites is 1. The number of amides is 2. The monoisotopic (exact) mass is 453 g/mol. The van der Waals surface area contributed by atoms with E-state index in [1.165, 1.54) is 0 Å². The van der Waals surface area contributed by atoms with Gasteiger partial charge >= 0.3 is 0 Å². The Morgan fingerprint density at radius 2 is 1.72 bits per heavy atom. The number of benzene rings is 2. The molecule has 0 atom stereocenters. The number of anilines is 1. The SMILES string of the molecule is CC(C)CCOc1ccc(C(=O)NC(=S)Nc2ccccc2C(=O)N2CCCCC2)cc1. The Labute approximate surface area is 195 Å². The molecule has 0 radical (unpaired) electrons. The number of carbonyl (C=O) groups excluding carboxylic acids is 2. The molecule has 1 fully saturated rings. The average molecular weight is 454 g/mol. The van der Waals surface area contributed by atoms with Crippen molar-refractivity contribution < 1.29 is 14.3 Å². The van der Waals surface area contributed by atoms with Crippen LogP contribution in [0.2, 0.25) is 0 Å². The van der Waals surface area contributed by atoms with Crippen LogP contribution in [0.1, 0.15) is 60.2 Å². The zero-order valence-electron chi connectivity index (χ0n) is 18.7. The van der Waals surface area contributed by atoms with E-state index < -0.39 is 0 Å². The van der Waals surface area contributed by atoms with Crippen LogP contribution in [-0.2, 0) is 0 Å². The molecule has 0 aromatic heterocycles. The summed E-state index contributed by atoms with van der Waals surface area (Å²) in [6.07, 6.45) is 4.18. The molecule has 1 saturated heterocycles. The number of carbonyl (C=O) groups is 2. The van der Waals surface area contributed by atoms with E-state index in [0.29, 0.717) is 29.3 Å². The van der Waals surface area contributed by atoms with Gasteiger partial charge in [0.1, 0.15) is 5.75 Å². The van der Waals surface area contributed by atoms with Gasteiger partial charge in [-0.1, -0.05) is 26.0 Å². The fourth-order valence-corrected chi connectivity index (χ4v) is 3.69. The molecule has 0 unspecified atom stereocenters. The number of hydrogen-bond donors (Lipinski definition) is 2. The fourth-order valence-electron chi connectivity index (χ4n) is 3.49. The van der Waals surface area contributed by atoms with E-state index in [1.54, 1.807) is 36.4 Å². The zero-order chi connectivity index (χ0) is 22.9. The van der Waals surface area contributed by atoms with Crippen LogP contribution in [0.15, 0.2) is 48.5 Å². The minimum absolute atomic E-state index is 0.0185. The summed E-state index contributed by atoms with van der Waals surface area (Å²) in [5.74, 6) is 0.966. The maximum absolute atomic E-state index is 12.9. The summed E-state index contributed by atoms with van der Waals surface area (Å²) >= 11 is 5.33. The number of thiocarbonyl (C=S) groups is 1. The highest BCUT2D eigenvalue weighted by molar-refractivity contribution is 7.80. The van der Waals surface area contributed by atoms with E-state index in [-0.39, 0.29) is 16.9 Å². The number of hydrogen-bond acceptors (Lipinski definition) is 4. The third-order valence-corrected chi connectivity index (χ3v) is 5.56. The third-order valence-electron chi connectivity index (χ3n) is 5.36. The zero-order valence-corrected chi connectivity index (χ0v) is 19.5. The highest BCUT2D eigenvalue weighted by atomic mass is 32.1. The molecular formula is C25H31N3O3S. The molecule has 3 rings (SSSR count). The number of likely N-dealkylation sites (tertiary alicyclic amines) is 1. The standard InChI is InChI=1S/C25H31N3O3S/c1-18(2)14-17-31-20-12-10-19(11-13-20)23(29)27-25(32)26-22-9-5-4-8-21(22)24(30)28-15-6-3-7-16-28/h4-5,8-13,18H,3,6-7,14-17H2,1-2H3,(H2,26,27,29,32). The van der Waals surface area contributed by atoms with Gasteiger partial charge < -0.3 is 15.0 Å². The molecule has 2 aromatic carbocycles. The maximum Gasteiger partial charge on any atom is 0.257 e. The van der Waals surface area contributed by atoms with Crippen molar-refractivity contribution in [3.8, 4) is 5.75 Å². The van der Waals surface area contributed by atoms with Gasteiger partial charge in [0.2, 0.25) is 0 Å². The van der Waals surface area contributed by atoms with Crippen molar-refractivity contribution in [1.82, 2.24) is 10.2 Å². The Hall–Kier alpha value is -2.93. The van der Waals surface area contributed by atoms with Crippen LogP contribution in [0.3, 0.4) is 0 Å². The Bertz CT molecular complexity index is 938. The van der Waals surface area contributed by atoms with Crippen LogP contribution in [0.25, 0.3) is 0 Å².